The number of nitrogens with zero attached hydrogens (tertiary/aromatic N) is 1. The molecule has 0 aromatic rings. The predicted octanol–water partition coefficient (Wildman–Crippen LogP) is 3.07. The predicted molar refractivity (Wildman–Crippen MR) is 63.6 cm³/mol. The summed E-state index contributed by atoms with van der Waals surface area (Å²) in [6, 6.07) is 0.478. The van der Waals surface area contributed by atoms with Crippen LogP contribution < -0.4 is 0 Å². The highest BCUT2D eigenvalue weighted by atomic mass is 16.2. The average molecular weight is 211 g/mol. The molecule has 0 aliphatic carbocycles. The maximum atomic E-state index is 11.9. The van der Waals surface area contributed by atoms with Gasteiger partial charge in [0.15, 0.2) is 0 Å². The Bertz CT molecular complexity index is 211. The van der Waals surface area contributed by atoms with Crippen LogP contribution in [0.25, 0.3) is 0 Å². The number of hydrogen-bond acceptors (Lipinski definition) is 1. The van der Waals surface area contributed by atoms with Crippen LogP contribution in [-0.4, -0.2) is 23.4 Å². The first-order chi connectivity index (χ1) is 7.13. The van der Waals surface area contributed by atoms with Crippen LogP contribution in [0.15, 0.2) is 0 Å². The van der Waals surface area contributed by atoms with Gasteiger partial charge in [0.25, 0.3) is 0 Å². The molecule has 0 aromatic carbocycles. The van der Waals surface area contributed by atoms with Crippen molar-refractivity contribution in [3.05, 3.63) is 0 Å². The SMILES string of the molecule is CCC(C)C1CC(=O)N(C(CC)CC)C1. The third-order valence-electron chi connectivity index (χ3n) is 4.02. The summed E-state index contributed by atoms with van der Waals surface area (Å²) in [5, 5.41) is 0. The summed E-state index contributed by atoms with van der Waals surface area (Å²) in [6.45, 7) is 9.85. The molecule has 1 saturated heterocycles. The minimum atomic E-state index is 0.383. The lowest BCUT2D eigenvalue weighted by Crippen LogP contribution is -2.36. The van der Waals surface area contributed by atoms with Gasteiger partial charge in [-0.05, 0) is 24.7 Å². The number of carbonyl (C=O) groups excluding carboxylic acids is 1. The molecule has 2 nitrogen and oxygen atoms in total. The quantitative estimate of drug-likeness (QED) is 0.684. The Morgan fingerprint density at radius 2 is 1.87 bits per heavy atom. The van der Waals surface area contributed by atoms with Crippen molar-refractivity contribution in [2.24, 2.45) is 11.8 Å². The number of carbonyl (C=O) groups is 1. The van der Waals surface area contributed by atoms with Gasteiger partial charge < -0.3 is 4.90 Å². The van der Waals surface area contributed by atoms with E-state index in [0.717, 1.165) is 25.8 Å². The molecule has 1 rings (SSSR count). The third-order valence-corrected chi connectivity index (χ3v) is 4.02. The van der Waals surface area contributed by atoms with Crippen LogP contribution >= 0.6 is 0 Å². The molecule has 1 amide bonds. The normalized spacial score (nSPS) is 23.9. The monoisotopic (exact) mass is 211 g/mol. The van der Waals surface area contributed by atoms with Crippen molar-refractivity contribution < 1.29 is 4.79 Å². The topological polar surface area (TPSA) is 20.3 Å². The molecule has 1 aliphatic heterocycles. The first kappa shape index (κ1) is 12.5. The van der Waals surface area contributed by atoms with Crippen LogP contribution in [0.1, 0.15) is 53.4 Å². The highest BCUT2D eigenvalue weighted by Gasteiger charge is 2.34. The van der Waals surface area contributed by atoms with E-state index in [1.807, 2.05) is 0 Å². The van der Waals surface area contributed by atoms with Crippen molar-refractivity contribution in [2.45, 2.75) is 59.4 Å². The van der Waals surface area contributed by atoms with Crippen LogP contribution in [0, 0.1) is 11.8 Å². The van der Waals surface area contributed by atoms with Crippen molar-refractivity contribution in [3.63, 3.8) is 0 Å². The fourth-order valence-corrected chi connectivity index (χ4v) is 2.56. The lowest BCUT2D eigenvalue weighted by Gasteiger charge is -2.27. The molecule has 0 radical (unpaired) electrons. The zero-order chi connectivity index (χ0) is 11.4. The molecule has 0 saturated carbocycles. The highest BCUT2D eigenvalue weighted by molar-refractivity contribution is 5.79. The molecule has 15 heavy (non-hydrogen) atoms. The number of amides is 1. The lowest BCUT2D eigenvalue weighted by molar-refractivity contribution is -0.129. The summed E-state index contributed by atoms with van der Waals surface area (Å²) in [4.78, 5) is 14.0. The van der Waals surface area contributed by atoms with Crippen molar-refractivity contribution in [2.75, 3.05) is 6.54 Å². The van der Waals surface area contributed by atoms with E-state index in [4.69, 9.17) is 0 Å². The summed E-state index contributed by atoms with van der Waals surface area (Å²) in [5.41, 5.74) is 0. The molecule has 1 fully saturated rings. The third kappa shape index (κ3) is 2.73. The molecule has 0 aromatic heterocycles. The van der Waals surface area contributed by atoms with Gasteiger partial charge in [0.1, 0.15) is 0 Å². The average Bonchev–Trinajstić information content (AvgIpc) is 2.62. The number of hydrogen-bond donors (Lipinski definition) is 0. The molecular formula is C13H25NO. The largest absolute Gasteiger partial charge is 0.339 e. The van der Waals surface area contributed by atoms with E-state index in [1.54, 1.807) is 0 Å². The van der Waals surface area contributed by atoms with E-state index in [2.05, 4.69) is 32.6 Å². The van der Waals surface area contributed by atoms with E-state index >= 15 is 0 Å². The van der Waals surface area contributed by atoms with E-state index in [9.17, 15) is 4.79 Å². The van der Waals surface area contributed by atoms with E-state index in [-0.39, 0.29) is 0 Å². The maximum Gasteiger partial charge on any atom is 0.223 e. The Balaban J connectivity index is 2.59. The van der Waals surface area contributed by atoms with Gasteiger partial charge in [0.05, 0.1) is 0 Å². The highest BCUT2D eigenvalue weighted by Crippen LogP contribution is 2.29. The van der Waals surface area contributed by atoms with Crippen LogP contribution in [-0.2, 0) is 4.79 Å². The molecule has 2 heteroatoms. The van der Waals surface area contributed by atoms with E-state index in [0.29, 0.717) is 23.8 Å². The van der Waals surface area contributed by atoms with Crippen LogP contribution in [0.4, 0.5) is 0 Å². The van der Waals surface area contributed by atoms with Crippen LogP contribution in [0.5, 0.6) is 0 Å². The Morgan fingerprint density at radius 1 is 1.27 bits per heavy atom. The Morgan fingerprint density at radius 3 is 2.33 bits per heavy atom. The maximum absolute atomic E-state index is 11.9. The second kappa shape index (κ2) is 5.53. The molecule has 2 unspecified atom stereocenters. The minimum Gasteiger partial charge on any atom is -0.339 e. The first-order valence-corrected chi connectivity index (χ1v) is 6.43. The molecule has 2 atom stereocenters. The molecular weight excluding hydrogens is 186 g/mol. The molecule has 88 valence electrons. The Kier molecular flexibility index (Phi) is 4.62. The van der Waals surface area contributed by atoms with Gasteiger partial charge in [-0.25, -0.2) is 0 Å². The molecule has 0 N–H and O–H groups in total. The summed E-state index contributed by atoms with van der Waals surface area (Å²) >= 11 is 0. The number of likely N-dealkylation sites (tertiary alicyclic amines) is 1. The molecule has 0 bridgehead atoms. The molecule has 1 aliphatic rings. The summed E-state index contributed by atoms with van der Waals surface area (Å²) in [6.07, 6.45) is 4.16. The summed E-state index contributed by atoms with van der Waals surface area (Å²) < 4.78 is 0. The molecule has 0 spiro atoms. The second-order valence-electron chi connectivity index (χ2n) is 4.87. The van der Waals surface area contributed by atoms with Gasteiger partial charge in [-0.2, -0.15) is 0 Å². The Hall–Kier alpha value is -0.530. The van der Waals surface area contributed by atoms with Gasteiger partial charge in [-0.3, -0.25) is 4.79 Å². The van der Waals surface area contributed by atoms with Crippen molar-refractivity contribution in [1.82, 2.24) is 4.90 Å². The van der Waals surface area contributed by atoms with Gasteiger partial charge >= 0.3 is 0 Å². The van der Waals surface area contributed by atoms with Crippen LogP contribution in [0.3, 0.4) is 0 Å². The zero-order valence-electron chi connectivity index (χ0n) is 10.6. The summed E-state index contributed by atoms with van der Waals surface area (Å²) in [5.74, 6) is 1.67. The standard InChI is InChI=1S/C13H25NO/c1-5-10(4)11-8-13(15)14(9-11)12(6-2)7-3/h10-12H,5-9H2,1-4H3. The van der Waals surface area contributed by atoms with Crippen molar-refractivity contribution in [3.8, 4) is 0 Å². The Labute approximate surface area is 94.0 Å². The number of rotatable bonds is 5. The van der Waals surface area contributed by atoms with Gasteiger partial charge in [0, 0.05) is 19.0 Å². The van der Waals surface area contributed by atoms with Gasteiger partial charge in [-0.1, -0.05) is 34.1 Å². The van der Waals surface area contributed by atoms with Crippen LogP contribution in [0.2, 0.25) is 0 Å². The smallest absolute Gasteiger partial charge is 0.223 e. The van der Waals surface area contributed by atoms with E-state index < -0.39 is 0 Å². The van der Waals surface area contributed by atoms with Gasteiger partial charge in [-0.15, -0.1) is 0 Å². The molecule has 1 heterocycles. The van der Waals surface area contributed by atoms with E-state index in [1.165, 1.54) is 6.42 Å². The first-order valence-electron chi connectivity index (χ1n) is 6.43. The minimum absolute atomic E-state index is 0.383. The van der Waals surface area contributed by atoms with Crippen molar-refractivity contribution in [1.29, 1.82) is 0 Å². The summed E-state index contributed by atoms with van der Waals surface area (Å²) in [7, 11) is 0. The van der Waals surface area contributed by atoms with Crippen molar-refractivity contribution >= 4 is 5.91 Å². The fourth-order valence-electron chi connectivity index (χ4n) is 2.56. The van der Waals surface area contributed by atoms with Gasteiger partial charge in [0.2, 0.25) is 5.91 Å². The fraction of sp³-hybridized carbons (Fsp3) is 0.923. The second-order valence-corrected chi connectivity index (χ2v) is 4.87. The lowest BCUT2D eigenvalue weighted by atomic mass is 9.91. The zero-order valence-corrected chi connectivity index (χ0v) is 10.6.